The van der Waals surface area contributed by atoms with E-state index in [1.165, 1.54) is 36.4 Å². The fraction of sp³-hybridized carbons (Fsp3) is 0.0909. The molecule has 32 heavy (non-hydrogen) atoms. The predicted molar refractivity (Wildman–Crippen MR) is 117 cm³/mol. The normalized spacial score (nSPS) is 11.5. The van der Waals surface area contributed by atoms with E-state index >= 15 is 0 Å². The summed E-state index contributed by atoms with van der Waals surface area (Å²) in [5, 5.41) is 11.4. The van der Waals surface area contributed by atoms with E-state index in [2.05, 4.69) is 4.98 Å². The lowest BCUT2D eigenvalue weighted by molar-refractivity contribution is -0.385. The number of nitrogens with two attached hydrogens (primary N) is 1. The number of carbonyl (C=O) groups excluding carboxylic acids is 1. The number of nitro groups is 1. The molecule has 0 aliphatic rings. The van der Waals surface area contributed by atoms with Crippen molar-refractivity contribution < 1.29 is 18.1 Å². The Morgan fingerprint density at radius 3 is 2.41 bits per heavy atom. The number of amides is 1. The van der Waals surface area contributed by atoms with Crippen molar-refractivity contribution in [1.29, 1.82) is 0 Å². The molecule has 0 radical (unpaired) electrons. The van der Waals surface area contributed by atoms with E-state index in [0.717, 1.165) is 0 Å². The predicted octanol–water partition coefficient (Wildman–Crippen LogP) is 3.23. The topological polar surface area (TPSA) is 138 Å². The summed E-state index contributed by atoms with van der Waals surface area (Å²) in [4.78, 5) is 26.9. The molecule has 0 spiro atoms. The maximum atomic E-state index is 13.4. The standard InChI is InChI=1S/C22H18N4O5S/c1-14-24-21-18(25(14)13-15-7-2-4-9-17(15)26(28)29)10-6-12-20(21)32(30,31)19-11-5-3-8-16(19)22(23)27/h2-12H,13H2,1H3,(H2,23,27). The van der Waals surface area contributed by atoms with E-state index in [0.29, 0.717) is 16.9 Å². The summed E-state index contributed by atoms with van der Waals surface area (Å²) in [6, 6.07) is 16.8. The first-order chi connectivity index (χ1) is 15.2. The van der Waals surface area contributed by atoms with Gasteiger partial charge in [-0.3, -0.25) is 14.9 Å². The van der Waals surface area contributed by atoms with Gasteiger partial charge in [0.1, 0.15) is 11.3 Å². The van der Waals surface area contributed by atoms with E-state index in [9.17, 15) is 23.3 Å². The summed E-state index contributed by atoms with van der Waals surface area (Å²) in [6.45, 7) is 1.84. The second-order valence-corrected chi connectivity index (χ2v) is 9.01. The fourth-order valence-electron chi connectivity index (χ4n) is 3.67. The van der Waals surface area contributed by atoms with Crippen LogP contribution in [0.25, 0.3) is 11.0 Å². The molecule has 3 aromatic carbocycles. The number of aromatic nitrogens is 2. The fourth-order valence-corrected chi connectivity index (χ4v) is 5.29. The van der Waals surface area contributed by atoms with Crippen molar-refractivity contribution in [2.45, 2.75) is 23.3 Å². The van der Waals surface area contributed by atoms with Gasteiger partial charge in [0.2, 0.25) is 15.7 Å². The Balaban J connectivity index is 1.90. The molecular formula is C22H18N4O5S. The molecule has 9 nitrogen and oxygen atoms in total. The van der Waals surface area contributed by atoms with Crippen LogP contribution in [0.3, 0.4) is 0 Å². The number of nitro benzene ring substituents is 1. The van der Waals surface area contributed by atoms with Gasteiger partial charge in [-0.15, -0.1) is 0 Å². The zero-order valence-corrected chi connectivity index (χ0v) is 17.7. The summed E-state index contributed by atoms with van der Waals surface area (Å²) in [5.74, 6) is -0.363. The highest BCUT2D eigenvalue weighted by Crippen LogP contribution is 2.31. The lowest BCUT2D eigenvalue weighted by atomic mass is 10.1. The van der Waals surface area contributed by atoms with Crippen LogP contribution >= 0.6 is 0 Å². The Morgan fingerprint density at radius 1 is 1.03 bits per heavy atom. The minimum Gasteiger partial charge on any atom is -0.366 e. The van der Waals surface area contributed by atoms with Gasteiger partial charge in [-0.1, -0.05) is 36.4 Å². The molecule has 0 saturated heterocycles. The zero-order valence-electron chi connectivity index (χ0n) is 16.9. The molecule has 162 valence electrons. The van der Waals surface area contributed by atoms with Crippen molar-refractivity contribution in [1.82, 2.24) is 9.55 Å². The summed E-state index contributed by atoms with van der Waals surface area (Å²) in [6.07, 6.45) is 0. The Hall–Kier alpha value is -4.05. The first-order valence-corrected chi connectivity index (χ1v) is 11.0. The summed E-state index contributed by atoms with van der Waals surface area (Å²) in [7, 11) is -4.12. The first kappa shape index (κ1) is 21.2. The van der Waals surface area contributed by atoms with Gasteiger partial charge in [0.05, 0.1) is 32.3 Å². The zero-order chi connectivity index (χ0) is 23.0. The minimum atomic E-state index is -4.12. The van der Waals surface area contributed by atoms with Gasteiger partial charge in [-0.25, -0.2) is 13.4 Å². The number of para-hydroxylation sites is 2. The molecule has 0 fully saturated rings. The number of nitrogens with zero attached hydrogens (tertiary/aromatic N) is 3. The van der Waals surface area contributed by atoms with Crippen molar-refractivity contribution in [3.8, 4) is 0 Å². The average Bonchev–Trinajstić information content (AvgIpc) is 3.09. The molecule has 4 rings (SSSR count). The molecule has 1 amide bonds. The molecule has 1 heterocycles. The third-order valence-electron chi connectivity index (χ3n) is 5.18. The number of benzene rings is 3. The lowest BCUT2D eigenvalue weighted by Crippen LogP contribution is -2.16. The third kappa shape index (κ3) is 3.50. The van der Waals surface area contributed by atoms with Gasteiger partial charge >= 0.3 is 0 Å². The Morgan fingerprint density at radius 2 is 1.69 bits per heavy atom. The third-order valence-corrected chi connectivity index (χ3v) is 7.02. The summed E-state index contributed by atoms with van der Waals surface area (Å²) >= 11 is 0. The number of primary amides is 1. The highest BCUT2D eigenvalue weighted by atomic mass is 32.2. The molecular weight excluding hydrogens is 432 g/mol. The van der Waals surface area contributed by atoms with Crippen LogP contribution in [0, 0.1) is 17.0 Å². The quantitative estimate of drug-likeness (QED) is 0.353. The van der Waals surface area contributed by atoms with Gasteiger partial charge < -0.3 is 10.3 Å². The van der Waals surface area contributed by atoms with E-state index in [4.69, 9.17) is 5.73 Å². The SMILES string of the molecule is Cc1nc2c(S(=O)(=O)c3ccccc3C(N)=O)cccc2n1Cc1ccccc1[N+](=O)[O-]. The van der Waals surface area contributed by atoms with Gasteiger partial charge in [0.15, 0.2) is 0 Å². The molecule has 0 bridgehead atoms. The Kier molecular flexibility index (Phi) is 5.23. The smallest absolute Gasteiger partial charge is 0.274 e. The van der Waals surface area contributed by atoms with Crippen molar-refractivity contribution >= 4 is 32.5 Å². The van der Waals surface area contributed by atoms with E-state index in [-0.39, 0.29) is 33.1 Å². The lowest BCUT2D eigenvalue weighted by Gasteiger charge is -2.10. The van der Waals surface area contributed by atoms with Crippen LogP contribution in [0.15, 0.2) is 76.5 Å². The van der Waals surface area contributed by atoms with Gasteiger partial charge in [-0.2, -0.15) is 0 Å². The molecule has 10 heteroatoms. The largest absolute Gasteiger partial charge is 0.366 e. The Labute approximate surface area is 183 Å². The number of carbonyl (C=O) groups is 1. The van der Waals surface area contributed by atoms with E-state index in [1.807, 2.05) is 0 Å². The molecule has 0 aliphatic heterocycles. The minimum absolute atomic E-state index is 0.0343. The highest BCUT2D eigenvalue weighted by molar-refractivity contribution is 7.91. The van der Waals surface area contributed by atoms with E-state index < -0.39 is 20.7 Å². The number of imidazole rings is 1. The number of fused-ring (bicyclic) bond motifs is 1. The molecule has 0 atom stereocenters. The van der Waals surface area contributed by atoms with Gasteiger partial charge in [-0.05, 0) is 31.2 Å². The number of sulfone groups is 1. The van der Waals surface area contributed by atoms with E-state index in [1.54, 1.807) is 41.8 Å². The van der Waals surface area contributed by atoms with Crippen LogP contribution in [-0.2, 0) is 16.4 Å². The van der Waals surface area contributed by atoms with Crippen LogP contribution in [0.1, 0.15) is 21.7 Å². The van der Waals surface area contributed by atoms with Crippen molar-refractivity contribution in [3.05, 3.63) is 93.8 Å². The van der Waals surface area contributed by atoms with Crippen LogP contribution in [0.5, 0.6) is 0 Å². The molecule has 0 saturated carbocycles. The molecule has 1 aromatic heterocycles. The van der Waals surface area contributed by atoms with Crippen molar-refractivity contribution in [2.24, 2.45) is 5.73 Å². The Bertz CT molecular complexity index is 1490. The van der Waals surface area contributed by atoms with Crippen LogP contribution < -0.4 is 5.73 Å². The molecule has 0 aliphatic carbocycles. The van der Waals surface area contributed by atoms with Crippen molar-refractivity contribution in [2.75, 3.05) is 0 Å². The summed E-state index contributed by atoms with van der Waals surface area (Å²) in [5.41, 5.74) is 6.41. The summed E-state index contributed by atoms with van der Waals surface area (Å²) < 4.78 is 28.6. The maximum Gasteiger partial charge on any atom is 0.274 e. The monoisotopic (exact) mass is 450 g/mol. The maximum absolute atomic E-state index is 13.4. The molecule has 4 aromatic rings. The highest BCUT2D eigenvalue weighted by Gasteiger charge is 2.27. The van der Waals surface area contributed by atoms with Gasteiger partial charge in [0.25, 0.3) is 5.69 Å². The number of rotatable bonds is 6. The second kappa shape index (κ2) is 7.89. The average molecular weight is 450 g/mol. The number of hydrogen-bond acceptors (Lipinski definition) is 6. The van der Waals surface area contributed by atoms with Crippen LogP contribution in [0.4, 0.5) is 5.69 Å². The second-order valence-electron chi connectivity index (χ2n) is 7.12. The molecule has 0 unspecified atom stereocenters. The number of aryl methyl sites for hydroxylation is 1. The van der Waals surface area contributed by atoms with Crippen LogP contribution in [0.2, 0.25) is 0 Å². The van der Waals surface area contributed by atoms with Crippen LogP contribution in [-0.4, -0.2) is 28.8 Å². The van der Waals surface area contributed by atoms with Crippen molar-refractivity contribution in [3.63, 3.8) is 0 Å². The molecule has 2 N–H and O–H groups in total. The van der Waals surface area contributed by atoms with Gasteiger partial charge in [0, 0.05) is 11.6 Å². The number of hydrogen-bond donors (Lipinski definition) is 1. The first-order valence-electron chi connectivity index (χ1n) is 9.54.